The number of carbonyl (C=O) groups is 2. The van der Waals surface area contributed by atoms with Crippen LogP contribution in [0.15, 0.2) is 0 Å². The molecule has 1 saturated heterocycles. The van der Waals surface area contributed by atoms with Gasteiger partial charge in [0.05, 0.1) is 18.8 Å². The number of nitrogens with one attached hydrogen (secondary N) is 1. The Labute approximate surface area is 101 Å². The van der Waals surface area contributed by atoms with Gasteiger partial charge in [0.2, 0.25) is 11.8 Å². The fourth-order valence-corrected chi connectivity index (χ4v) is 2.94. The van der Waals surface area contributed by atoms with Gasteiger partial charge in [-0.3, -0.25) is 9.59 Å². The number of nitrogens with zero attached hydrogens (tertiary/aromatic N) is 1. The molecule has 0 aromatic carbocycles. The lowest BCUT2D eigenvalue weighted by atomic mass is 9.81. The molecule has 0 aromatic heterocycles. The SMILES string of the molecule is CNC(=O)[C@H]1CC[C@H]2OCCN(C(C)=O)[C@@H]2C1. The second-order valence-corrected chi connectivity index (χ2v) is 4.81. The molecule has 2 aliphatic rings. The Bertz CT molecular complexity index is 319. The summed E-state index contributed by atoms with van der Waals surface area (Å²) in [7, 11) is 1.66. The van der Waals surface area contributed by atoms with Crippen molar-refractivity contribution in [3.63, 3.8) is 0 Å². The lowest BCUT2D eigenvalue weighted by molar-refractivity contribution is -0.152. The minimum Gasteiger partial charge on any atom is -0.374 e. The fourth-order valence-electron chi connectivity index (χ4n) is 2.94. The van der Waals surface area contributed by atoms with Gasteiger partial charge in [-0.1, -0.05) is 0 Å². The van der Waals surface area contributed by atoms with Crippen LogP contribution in [0.5, 0.6) is 0 Å². The molecule has 0 bridgehead atoms. The normalized spacial score (nSPS) is 32.8. The molecule has 0 radical (unpaired) electrons. The van der Waals surface area contributed by atoms with Gasteiger partial charge in [0.25, 0.3) is 0 Å². The van der Waals surface area contributed by atoms with Crippen molar-refractivity contribution in [2.75, 3.05) is 20.2 Å². The standard InChI is InChI=1S/C12H20N2O3/c1-8(15)14-5-6-17-11-4-3-9(7-10(11)14)12(16)13-2/h9-11H,3-7H2,1-2H3,(H,13,16)/t9-,10+,11+/m0/s1. The van der Waals surface area contributed by atoms with Crippen molar-refractivity contribution >= 4 is 11.8 Å². The van der Waals surface area contributed by atoms with E-state index in [1.54, 1.807) is 14.0 Å². The van der Waals surface area contributed by atoms with Crippen LogP contribution in [0.4, 0.5) is 0 Å². The number of fused-ring (bicyclic) bond motifs is 1. The van der Waals surface area contributed by atoms with E-state index in [9.17, 15) is 9.59 Å². The van der Waals surface area contributed by atoms with Crippen LogP contribution in [0.1, 0.15) is 26.2 Å². The number of rotatable bonds is 1. The Balaban J connectivity index is 2.07. The van der Waals surface area contributed by atoms with Crippen LogP contribution < -0.4 is 5.32 Å². The van der Waals surface area contributed by atoms with Crippen molar-refractivity contribution in [2.45, 2.75) is 38.3 Å². The summed E-state index contributed by atoms with van der Waals surface area (Å²) in [6, 6.07) is 0.0808. The molecule has 1 aliphatic heterocycles. The Morgan fingerprint density at radius 3 is 2.76 bits per heavy atom. The van der Waals surface area contributed by atoms with Crippen LogP contribution in [0, 0.1) is 5.92 Å². The highest BCUT2D eigenvalue weighted by atomic mass is 16.5. The number of amides is 2. The van der Waals surface area contributed by atoms with Gasteiger partial charge in [-0.25, -0.2) is 0 Å². The average molecular weight is 240 g/mol. The fraction of sp³-hybridized carbons (Fsp3) is 0.833. The first-order valence-electron chi connectivity index (χ1n) is 6.24. The number of hydrogen-bond acceptors (Lipinski definition) is 3. The van der Waals surface area contributed by atoms with Crippen molar-refractivity contribution in [1.82, 2.24) is 10.2 Å². The lowest BCUT2D eigenvalue weighted by Crippen LogP contribution is -2.56. The van der Waals surface area contributed by atoms with Gasteiger partial charge >= 0.3 is 0 Å². The van der Waals surface area contributed by atoms with Crippen LogP contribution in [-0.4, -0.2) is 49.1 Å². The molecule has 96 valence electrons. The van der Waals surface area contributed by atoms with Crippen molar-refractivity contribution in [1.29, 1.82) is 0 Å². The molecular weight excluding hydrogens is 220 g/mol. The van der Waals surface area contributed by atoms with E-state index in [1.165, 1.54) is 0 Å². The maximum Gasteiger partial charge on any atom is 0.222 e. The van der Waals surface area contributed by atoms with E-state index < -0.39 is 0 Å². The van der Waals surface area contributed by atoms with Crippen molar-refractivity contribution in [3.05, 3.63) is 0 Å². The molecule has 0 aromatic rings. The molecule has 0 unspecified atom stereocenters. The minimum absolute atomic E-state index is 0.0183. The van der Waals surface area contributed by atoms with E-state index in [2.05, 4.69) is 5.32 Å². The van der Waals surface area contributed by atoms with Gasteiger partial charge in [-0.15, -0.1) is 0 Å². The van der Waals surface area contributed by atoms with Crippen molar-refractivity contribution < 1.29 is 14.3 Å². The van der Waals surface area contributed by atoms with Gasteiger partial charge in [0.15, 0.2) is 0 Å². The summed E-state index contributed by atoms with van der Waals surface area (Å²) in [5.74, 6) is 0.184. The first-order valence-corrected chi connectivity index (χ1v) is 6.24. The zero-order chi connectivity index (χ0) is 12.4. The first kappa shape index (κ1) is 12.4. The number of carbonyl (C=O) groups excluding carboxylic acids is 2. The van der Waals surface area contributed by atoms with Crippen LogP contribution >= 0.6 is 0 Å². The van der Waals surface area contributed by atoms with Crippen LogP contribution in [0.2, 0.25) is 0 Å². The molecule has 5 heteroatoms. The molecule has 2 amide bonds. The zero-order valence-corrected chi connectivity index (χ0v) is 10.4. The number of morpholine rings is 1. The van der Waals surface area contributed by atoms with Gasteiger partial charge in [0, 0.05) is 26.4 Å². The lowest BCUT2D eigenvalue weighted by Gasteiger charge is -2.45. The third kappa shape index (κ3) is 2.44. The third-order valence-corrected chi connectivity index (χ3v) is 3.84. The summed E-state index contributed by atoms with van der Waals surface area (Å²) in [5.41, 5.74) is 0. The Morgan fingerprint density at radius 2 is 2.12 bits per heavy atom. The highest BCUT2D eigenvalue weighted by Gasteiger charge is 2.40. The first-order chi connectivity index (χ1) is 8.13. The van der Waals surface area contributed by atoms with E-state index in [0.29, 0.717) is 13.2 Å². The Hall–Kier alpha value is -1.10. The molecule has 1 saturated carbocycles. The molecule has 1 aliphatic carbocycles. The van der Waals surface area contributed by atoms with Gasteiger partial charge in [-0.2, -0.15) is 0 Å². The van der Waals surface area contributed by atoms with Crippen molar-refractivity contribution in [3.8, 4) is 0 Å². The second kappa shape index (κ2) is 5.04. The molecular formula is C12H20N2O3. The summed E-state index contributed by atoms with van der Waals surface area (Å²) >= 11 is 0. The molecule has 5 nitrogen and oxygen atoms in total. The predicted octanol–water partition coefficient (Wildman–Crippen LogP) is 0.148. The second-order valence-electron chi connectivity index (χ2n) is 4.81. The number of ether oxygens (including phenoxy) is 1. The minimum atomic E-state index is 0.0183. The summed E-state index contributed by atoms with van der Waals surface area (Å²) in [6.07, 6.45) is 2.57. The zero-order valence-electron chi connectivity index (χ0n) is 10.4. The van der Waals surface area contributed by atoms with Gasteiger partial charge in [-0.05, 0) is 19.3 Å². The highest BCUT2D eigenvalue weighted by molar-refractivity contribution is 5.79. The summed E-state index contributed by atoms with van der Waals surface area (Å²) in [5, 5.41) is 2.69. The van der Waals surface area contributed by atoms with Crippen LogP contribution in [0.25, 0.3) is 0 Å². The summed E-state index contributed by atoms with van der Waals surface area (Å²) in [4.78, 5) is 25.1. The monoisotopic (exact) mass is 240 g/mol. The Morgan fingerprint density at radius 1 is 1.35 bits per heavy atom. The number of hydrogen-bond donors (Lipinski definition) is 1. The van der Waals surface area contributed by atoms with Crippen LogP contribution in [-0.2, 0) is 14.3 Å². The van der Waals surface area contributed by atoms with Gasteiger partial charge in [0.1, 0.15) is 0 Å². The summed E-state index contributed by atoms with van der Waals surface area (Å²) in [6.45, 7) is 2.86. The van der Waals surface area contributed by atoms with E-state index in [0.717, 1.165) is 19.3 Å². The van der Waals surface area contributed by atoms with E-state index in [4.69, 9.17) is 4.74 Å². The Kier molecular flexibility index (Phi) is 3.66. The molecule has 0 spiro atoms. The average Bonchev–Trinajstić information content (AvgIpc) is 2.36. The van der Waals surface area contributed by atoms with E-state index in [-0.39, 0.29) is 29.9 Å². The van der Waals surface area contributed by atoms with E-state index >= 15 is 0 Å². The predicted molar refractivity (Wildman–Crippen MR) is 62.3 cm³/mol. The summed E-state index contributed by atoms with van der Waals surface area (Å²) < 4.78 is 5.70. The maximum atomic E-state index is 11.7. The van der Waals surface area contributed by atoms with Crippen LogP contribution in [0.3, 0.4) is 0 Å². The molecule has 2 rings (SSSR count). The van der Waals surface area contributed by atoms with E-state index in [1.807, 2.05) is 4.90 Å². The maximum absolute atomic E-state index is 11.7. The molecule has 1 heterocycles. The quantitative estimate of drug-likeness (QED) is 0.709. The molecule has 3 atom stereocenters. The third-order valence-electron chi connectivity index (χ3n) is 3.84. The smallest absolute Gasteiger partial charge is 0.222 e. The molecule has 1 N–H and O–H groups in total. The van der Waals surface area contributed by atoms with Gasteiger partial charge < -0.3 is 15.0 Å². The molecule has 2 fully saturated rings. The molecule has 17 heavy (non-hydrogen) atoms. The van der Waals surface area contributed by atoms with Crippen molar-refractivity contribution in [2.24, 2.45) is 5.92 Å². The topological polar surface area (TPSA) is 58.6 Å². The highest BCUT2D eigenvalue weighted by Crippen LogP contribution is 2.32. The largest absolute Gasteiger partial charge is 0.374 e.